The van der Waals surface area contributed by atoms with Crippen molar-refractivity contribution in [2.75, 3.05) is 11.4 Å². The first-order chi connectivity index (χ1) is 11.5. The fraction of sp³-hybridized carbons (Fsp3) is 0.333. The first kappa shape index (κ1) is 16.1. The Morgan fingerprint density at radius 3 is 2.75 bits per heavy atom. The zero-order valence-corrected chi connectivity index (χ0v) is 13.7. The van der Waals surface area contributed by atoms with E-state index < -0.39 is 5.60 Å². The van der Waals surface area contributed by atoms with Crippen molar-refractivity contribution in [3.05, 3.63) is 48.4 Å². The maximum atomic E-state index is 12.6. The third-order valence-electron chi connectivity index (χ3n) is 3.88. The number of hydrogen-bond acceptors (Lipinski definition) is 4. The molecule has 1 N–H and O–H groups in total. The van der Waals surface area contributed by atoms with Gasteiger partial charge in [-0.2, -0.15) is 0 Å². The summed E-state index contributed by atoms with van der Waals surface area (Å²) in [7, 11) is 0. The van der Waals surface area contributed by atoms with Crippen LogP contribution >= 0.6 is 0 Å². The highest BCUT2D eigenvalue weighted by Crippen LogP contribution is 2.37. The van der Waals surface area contributed by atoms with E-state index in [9.17, 15) is 9.59 Å². The predicted octanol–water partition coefficient (Wildman–Crippen LogP) is 2.49. The smallest absolute Gasteiger partial charge is 0.270 e. The van der Waals surface area contributed by atoms with Gasteiger partial charge < -0.3 is 19.4 Å². The summed E-state index contributed by atoms with van der Waals surface area (Å²) in [4.78, 5) is 26.3. The molecule has 2 amide bonds. The second-order valence-electron chi connectivity index (χ2n) is 6.14. The summed E-state index contributed by atoms with van der Waals surface area (Å²) in [6, 6.07) is 10.9. The number of nitrogens with one attached hydrogen (secondary N) is 1. The van der Waals surface area contributed by atoms with Crippen molar-refractivity contribution < 1.29 is 18.7 Å². The van der Waals surface area contributed by atoms with Crippen molar-refractivity contribution in [2.45, 2.75) is 32.4 Å². The van der Waals surface area contributed by atoms with Crippen LogP contribution in [0.1, 0.15) is 26.0 Å². The Morgan fingerprint density at radius 1 is 1.21 bits per heavy atom. The molecule has 0 saturated heterocycles. The molecular formula is C18H20N2O4. The fourth-order valence-electron chi connectivity index (χ4n) is 2.64. The molecule has 126 valence electrons. The van der Waals surface area contributed by atoms with E-state index in [-0.39, 0.29) is 18.2 Å². The average molecular weight is 328 g/mol. The molecule has 6 heteroatoms. The predicted molar refractivity (Wildman–Crippen MR) is 88.7 cm³/mol. The number of hydrogen-bond donors (Lipinski definition) is 1. The summed E-state index contributed by atoms with van der Waals surface area (Å²) in [6.45, 7) is 4.10. The number of nitrogens with zero attached hydrogens (tertiary/aromatic N) is 1. The highest BCUT2D eigenvalue weighted by atomic mass is 16.5. The van der Waals surface area contributed by atoms with Gasteiger partial charge in [-0.15, -0.1) is 0 Å². The van der Waals surface area contributed by atoms with E-state index in [1.807, 2.05) is 24.3 Å². The maximum Gasteiger partial charge on any atom is 0.270 e. The molecule has 0 spiro atoms. The summed E-state index contributed by atoms with van der Waals surface area (Å²) < 4.78 is 10.9. The maximum absolute atomic E-state index is 12.6. The lowest BCUT2D eigenvalue weighted by Crippen LogP contribution is -2.53. The molecule has 1 aromatic heterocycles. The summed E-state index contributed by atoms with van der Waals surface area (Å²) >= 11 is 0. The number of ether oxygens (including phenoxy) is 1. The third kappa shape index (κ3) is 3.27. The fourth-order valence-corrected chi connectivity index (χ4v) is 2.64. The van der Waals surface area contributed by atoms with Crippen LogP contribution in [0.4, 0.5) is 5.69 Å². The summed E-state index contributed by atoms with van der Waals surface area (Å²) in [5.74, 6) is 1.05. The van der Waals surface area contributed by atoms with Crippen molar-refractivity contribution >= 4 is 17.5 Å². The van der Waals surface area contributed by atoms with Gasteiger partial charge in [-0.1, -0.05) is 12.1 Å². The first-order valence-corrected chi connectivity index (χ1v) is 7.86. The van der Waals surface area contributed by atoms with E-state index >= 15 is 0 Å². The molecule has 1 aromatic carbocycles. The number of anilines is 1. The zero-order chi connectivity index (χ0) is 17.2. The second kappa shape index (κ2) is 6.39. The molecule has 1 aliphatic rings. The zero-order valence-electron chi connectivity index (χ0n) is 13.7. The molecular weight excluding hydrogens is 308 g/mol. The van der Waals surface area contributed by atoms with E-state index in [0.717, 1.165) is 0 Å². The average Bonchev–Trinajstić information content (AvgIpc) is 3.06. The Bertz CT molecular complexity index is 737. The Hall–Kier alpha value is -2.76. The van der Waals surface area contributed by atoms with Gasteiger partial charge in [0.25, 0.3) is 5.91 Å². The minimum Gasteiger partial charge on any atom is -0.476 e. The van der Waals surface area contributed by atoms with Crippen LogP contribution in [0, 0.1) is 0 Å². The van der Waals surface area contributed by atoms with Gasteiger partial charge in [-0.25, -0.2) is 0 Å². The lowest BCUT2D eigenvalue weighted by atomic mass is 10.0. The molecule has 0 bridgehead atoms. The first-order valence-electron chi connectivity index (χ1n) is 7.86. The number of carbonyl (C=O) groups excluding carboxylic acids is 2. The summed E-state index contributed by atoms with van der Waals surface area (Å²) in [5, 5.41) is 2.78. The van der Waals surface area contributed by atoms with E-state index in [4.69, 9.17) is 9.15 Å². The van der Waals surface area contributed by atoms with Crippen LogP contribution < -0.4 is 15.0 Å². The van der Waals surface area contributed by atoms with Gasteiger partial charge in [0.1, 0.15) is 11.5 Å². The number of benzene rings is 1. The molecule has 6 nitrogen and oxygen atoms in total. The molecule has 3 rings (SSSR count). The van der Waals surface area contributed by atoms with Gasteiger partial charge >= 0.3 is 0 Å². The molecule has 0 unspecified atom stereocenters. The number of rotatable bonds is 5. The lowest BCUT2D eigenvalue weighted by molar-refractivity contribution is -0.132. The van der Waals surface area contributed by atoms with Gasteiger partial charge in [0, 0.05) is 13.0 Å². The molecule has 2 heterocycles. The Kier molecular flexibility index (Phi) is 4.29. The number of furan rings is 1. The molecule has 0 saturated carbocycles. The van der Waals surface area contributed by atoms with Crippen molar-refractivity contribution in [1.82, 2.24) is 5.32 Å². The molecule has 0 aliphatic carbocycles. The number of fused-ring (bicyclic) bond motifs is 1. The number of carbonyl (C=O) groups is 2. The highest BCUT2D eigenvalue weighted by molar-refractivity contribution is 6.02. The van der Waals surface area contributed by atoms with Gasteiger partial charge in [-0.05, 0) is 38.1 Å². The number of para-hydroxylation sites is 2. The Balaban J connectivity index is 1.65. The van der Waals surface area contributed by atoms with Crippen molar-refractivity contribution in [1.29, 1.82) is 0 Å². The second-order valence-corrected chi connectivity index (χ2v) is 6.14. The van der Waals surface area contributed by atoms with Crippen molar-refractivity contribution in [2.24, 2.45) is 0 Å². The van der Waals surface area contributed by atoms with Crippen molar-refractivity contribution in [3.8, 4) is 5.75 Å². The van der Waals surface area contributed by atoms with Gasteiger partial charge in [0.15, 0.2) is 5.60 Å². The minimum atomic E-state index is -0.945. The molecule has 2 aromatic rings. The standard InChI is InChI=1S/C18H20N2O4/c1-18(2)17(22)20(14-7-3-4-8-15(14)24-18)10-9-16(21)19-12-13-6-5-11-23-13/h3-8,11H,9-10,12H2,1-2H3,(H,19,21). The van der Waals surface area contributed by atoms with Gasteiger partial charge in [0.2, 0.25) is 5.91 Å². The highest BCUT2D eigenvalue weighted by Gasteiger charge is 2.40. The van der Waals surface area contributed by atoms with Gasteiger partial charge in [0.05, 0.1) is 18.5 Å². The Labute approximate surface area is 140 Å². The molecule has 0 fully saturated rings. The van der Waals surface area contributed by atoms with E-state index in [1.165, 1.54) is 0 Å². The lowest BCUT2D eigenvalue weighted by Gasteiger charge is -2.38. The summed E-state index contributed by atoms with van der Waals surface area (Å²) in [6.07, 6.45) is 1.77. The number of amides is 2. The van der Waals surface area contributed by atoms with Crippen LogP contribution in [0.25, 0.3) is 0 Å². The summed E-state index contributed by atoms with van der Waals surface area (Å²) in [5.41, 5.74) is -0.250. The molecule has 1 aliphatic heterocycles. The van der Waals surface area contributed by atoms with Crippen LogP contribution in [-0.4, -0.2) is 24.0 Å². The van der Waals surface area contributed by atoms with Crippen LogP contribution in [-0.2, 0) is 16.1 Å². The van der Waals surface area contributed by atoms with Crippen molar-refractivity contribution in [3.63, 3.8) is 0 Å². The van der Waals surface area contributed by atoms with Crippen LogP contribution in [0.5, 0.6) is 5.75 Å². The van der Waals surface area contributed by atoms with E-state index in [2.05, 4.69) is 5.32 Å². The van der Waals surface area contributed by atoms with Crippen LogP contribution in [0.3, 0.4) is 0 Å². The largest absolute Gasteiger partial charge is 0.476 e. The van der Waals surface area contributed by atoms with Crippen LogP contribution in [0.15, 0.2) is 47.1 Å². The molecule has 0 radical (unpaired) electrons. The normalized spacial score (nSPS) is 15.6. The van der Waals surface area contributed by atoms with E-state index in [1.54, 1.807) is 37.1 Å². The van der Waals surface area contributed by atoms with E-state index in [0.29, 0.717) is 30.3 Å². The molecule has 0 atom stereocenters. The third-order valence-corrected chi connectivity index (χ3v) is 3.88. The van der Waals surface area contributed by atoms with Crippen LogP contribution in [0.2, 0.25) is 0 Å². The quantitative estimate of drug-likeness (QED) is 0.915. The Morgan fingerprint density at radius 2 is 2.00 bits per heavy atom. The SMILES string of the molecule is CC1(C)Oc2ccccc2N(CCC(=O)NCc2ccco2)C1=O. The van der Waals surface area contributed by atoms with Gasteiger partial charge in [-0.3, -0.25) is 9.59 Å². The minimum absolute atomic E-state index is 0.138. The molecule has 24 heavy (non-hydrogen) atoms. The monoisotopic (exact) mass is 328 g/mol. The topological polar surface area (TPSA) is 71.8 Å².